The normalized spacial score (nSPS) is 14.8. The molecular formula is C21H25N5O4. The zero-order valence-electron chi connectivity index (χ0n) is 16.8. The van der Waals surface area contributed by atoms with Gasteiger partial charge in [0.05, 0.1) is 11.5 Å². The maximum absolute atomic E-state index is 12.1. The van der Waals surface area contributed by atoms with E-state index in [1.807, 2.05) is 4.90 Å². The summed E-state index contributed by atoms with van der Waals surface area (Å²) in [6, 6.07) is 13.8. The van der Waals surface area contributed by atoms with Crippen LogP contribution >= 0.6 is 0 Å². The zero-order valence-corrected chi connectivity index (χ0v) is 16.8. The lowest BCUT2D eigenvalue weighted by molar-refractivity contribution is -0.384. The number of hydrazine groups is 1. The van der Waals surface area contributed by atoms with Crippen molar-refractivity contribution in [2.45, 2.75) is 13.5 Å². The molecule has 0 radical (unpaired) electrons. The highest BCUT2D eigenvalue weighted by Gasteiger charge is 2.19. The Kier molecular flexibility index (Phi) is 7.10. The number of aryl methyl sites for hydroxylation is 1. The second kappa shape index (κ2) is 9.95. The standard InChI is InChI=1S/C21H25N5O4/c1-16-4-2-5-17(12-16)14-24-8-10-25(11-9-24)15-20(27)22-23-21(28)18-6-3-7-19(13-18)26(29)30/h2-7,12-13H,8-11,14-15H2,1H3,(H,22,27)(H,23,28). The highest BCUT2D eigenvalue weighted by atomic mass is 16.6. The van der Waals surface area contributed by atoms with E-state index >= 15 is 0 Å². The van der Waals surface area contributed by atoms with Gasteiger partial charge in [-0.05, 0) is 18.6 Å². The Bertz CT molecular complexity index is 925. The minimum atomic E-state index is -0.602. The first-order valence-electron chi connectivity index (χ1n) is 9.74. The summed E-state index contributed by atoms with van der Waals surface area (Å²) < 4.78 is 0. The topological polar surface area (TPSA) is 108 Å². The van der Waals surface area contributed by atoms with Crippen LogP contribution in [0.3, 0.4) is 0 Å². The maximum atomic E-state index is 12.1. The SMILES string of the molecule is Cc1cccc(CN2CCN(CC(=O)NNC(=O)c3cccc([N+](=O)[O-])c3)CC2)c1. The molecule has 1 heterocycles. The predicted molar refractivity (Wildman–Crippen MR) is 112 cm³/mol. The molecule has 1 aliphatic rings. The molecule has 1 aliphatic heterocycles. The van der Waals surface area contributed by atoms with Gasteiger partial charge >= 0.3 is 0 Å². The van der Waals surface area contributed by atoms with Crippen LogP contribution in [0.25, 0.3) is 0 Å². The molecule has 0 spiro atoms. The fraction of sp³-hybridized carbons (Fsp3) is 0.333. The van der Waals surface area contributed by atoms with Crippen molar-refractivity contribution in [3.05, 3.63) is 75.3 Å². The number of nitro benzene ring substituents is 1. The van der Waals surface area contributed by atoms with Crippen LogP contribution < -0.4 is 10.9 Å². The van der Waals surface area contributed by atoms with Gasteiger partial charge in [-0.15, -0.1) is 0 Å². The van der Waals surface area contributed by atoms with Gasteiger partial charge in [0, 0.05) is 50.4 Å². The molecule has 1 saturated heterocycles. The molecule has 158 valence electrons. The van der Waals surface area contributed by atoms with Gasteiger partial charge < -0.3 is 0 Å². The van der Waals surface area contributed by atoms with Gasteiger partial charge in [0.2, 0.25) is 0 Å². The van der Waals surface area contributed by atoms with Crippen molar-refractivity contribution in [3.8, 4) is 0 Å². The predicted octanol–water partition coefficient (Wildman–Crippen LogP) is 1.48. The molecule has 1 fully saturated rings. The van der Waals surface area contributed by atoms with Crippen molar-refractivity contribution in [1.82, 2.24) is 20.7 Å². The maximum Gasteiger partial charge on any atom is 0.270 e. The second-order valence-electron chi connectivity index (χ2n) is 7.35. The molecule has 2 aromatic carbocycles. The van der Waals surface area contributed by atoms with Gasteiger partial charge in [-0.3, -0.25) is 40.4 Å². The summed E-state index contributed by atoms with van der Waals surface area (Å²) in [7, 11) is 0. The number of carbonyl (C=O) groups is 2. The number of hydrogen-bond donors (Lipinski definition) is 2. The molecule has 2 aromatic rings. The molecule has 0 saturated carbocycles. The smallest absolute Gasteiger partial charge is 0.270 e. The van der Waals surface area contributed by atoms with Crippen LogP contribution in [-0.4, -0.2) is 59.3 Å². The van der Waals surface area contributed by atoms with Gasteiger partial charge in [-0.1, -0.05) is 35.9 Å². The number of amides is 2. The van der Waals surface area contributed by atoms with Crippen LogP contribution in [-0.2, 0) is 11.3 Å². The molecule has 3 rings (SSSR count). The lowest BCUT2D eigenvalue weighted by Gasteiger charge is -2.34. The van der Waals surface area contributed by atoms with Crippen molar-refractivity contribution in [3.63, 3.8) is 0 Å². The molecule has 30 heavy (non-hydrogen) atoms. The van der Waals surface area contributed by atoms with Gasteiger partial charge in [0.25, 0.3) is 17.5 Å². The van der Waals surface area contributed by atoms with E-state index in [2.05, 4.69) is 46.9 Å². The third kappa shape index (κ3) is 6.10. The lowest BCUT2D eigenvalue weighted by Crippen LogP contribution is -2.51. The van der Waals surface area contributed by atoms with Crippen LogP contribution in [0, 0.1) is 17.0 Å². The van der Waals surface area contributed by atoms with E-state index < -0.39 is 10.8 Å². The number of nitrogens with zero attached hydrogens (tertiary/aromatic N) is 3. The first-order chi connectivity index (χ1) is 14.4. The average Bonchev–Trinajstić information content (AvgIpc) is 2.73. The van der Waals surface area contributed by atoms with Gasteiger partial charge in [0.15, 0.2) is 0 Å². The lowest BCUT2D eigenvalue weighted by atomic mass is 10.1. The third-order valence-corrected chi connectivity index (χ3v) is 4.96. The second-order valence-corrected chi connectivity index (χ2v) is 7.35. The first-order valence-corrected chi connectivity index (χ1v) is 9.74. The highest BCUT2D eigenvalue weighted by molar-refractivity contribution is 5.96. The van der Waals surface area contributed by atoms with E-state index in [0.717, 1.165) is 38.8 Å². The van der Waals surface area contributed by atoms with E-state index in [-0.39, 0.29) is 23.7 Å². The number of hydrogen-bond acceptors (Lipinski definition) is 6. The van der Waals surface area contributed by atoms with Gasteiger partial charge in [-0.25, -0.2) is 0 Å². The number of carbonyl (C=O) groups excluding carboxylic acids is 2. The van der Waals surface area contributed by atoms with E-state index in [1.54, 1.807) is 0 Å². The van der Waals surface area contributed by atoms with Crippen molar-refractivity contribution in [2.75, 3.05) is 32.7 Å². The minimum absolute atomic E-state index is 0.106. The fourth-order valence-electron chi connectivity index (χ4n) is 3.38. The Hall–Kier alpha value is -3.30. The Morgan fingerprint density at radius 1 is 1.00 bits per heavy atom. The largest absolute Gasteiger partial charge is 0.297 e. The summed E-state index contributed by atoms with van der Waals surface area (Å²) in [5.41, 5.74) is 7.12. The summed E-state index contributed by atoms with van der Waals surface area (Å²) in [5.74, 6) is -0.934. The van der Waals surface area contributed by atoms with Crippen LogP contribution in [0.15, 0.2) is 48.5 Å². The number of nitro groups is 1. The molecule has 2 N–H and O–H groups in total. The fourth-order valence-corrected chi connectivity index (χ4v) is 3.38. The molecule has 0 unspecified atom stereocenters. The molecule has 0 bridgehead atoms. The van der Waals surface area contributed by atoms with Crippen LogP contribution in [0.4, 0.5) is 5.69 Å². The quantitative estimate of drug-likeness (QED) is 0.551. The minimum Gasteiger partial charge on any atom is -0.297 e. The molecule has 2 amide bonds. The molecular weight excluding hydrogens is 386 g/mol. The van der Waals surface area contributed by atoms with Crippen molar-refractivity contribution in [1.29, 1.82) is 0 Å². The Balaban J connectivity index is 1.40. The van der Waals surface area contributed by atoms with E-state index in [0.29, 0.717) is 0 Å². The number of nitrogens with one attached hydrogen (secondary N) is 2. The van der Waals surface area contributed by atoms with Crippen molar-refractivity contribution >= 4 is 17.5 Å². The molecule has 0 aromatic heterocycles. The molecule has 0 atom stereocenters. The van der Waals surface area contributed by atoms with Crippen LogP contribution in [0.5, 0.6) is 0 Å². The van der Waals surface area contributed by atoms with Crippen LogP contribution in [0.1, 0.15) is 21.5 Å². The number of non-ortho nitro benzene ring substituents is 1. The van der Waals surface area contributed by atoms with Gasteiger partial charge in [-0.2, -0.15) is 0 Å². The number of piperazine rings is 1. The Labute approximate surface area is 174 Å². The average molecular weight is 411 g/mol. The van der Waals surface area contributed by atoms with Crippen LogP contribution in [0.2, 0.25) is 0 Å². The van der Waals surface area contributed by atoms with Crippen molar-refractivity contribution < 1.29 is 14.5 Å². The van der Waals surface area contributed by atoms with E-state index in [9.17, 15) is 19.7 Å². The van der Waals surface area contributed by atoms with Crippen molar-refractivity contribution in [2.24, 2.45) is 0 Å². The van der Waals surface area contributed by atoms with Gasteiger partial charge in [0.1, 0.15) is 0 Å². The third-order valence-electron chi connectivity index (χ3n) is 4.96. The Morgan fingerprint density at radius 2 is 1.70 bits per heavy atom. The first kappa shape index (κ1) is 21.4. The molecule has 9 nitrogen and oxygen atoms in total. The summed E-state index contributed by atoms with van der Waals surface area (Å²) in [4.78, 5) is 38.8. The number of benzene rings is 2. The highest BCUT2D eigenvalue weighted by Crippen LogP contribution is 2.13. The monoisotopic (exact) mass is 411 g/mol. The number of rotatable bonds is 6. The summed E-state index contributed by atoms with van der Waals surface area (Å²) in [6.45, 7) is 6.39. The summed E-state index contributed by atoms with van der Waals surface area (Å²) in [6.07, 6.45) is 0. The van der Waals surface area contributed by atoms with E-state index in [4.69, 9.17) is 0 Å². The summed E-state index contributed by atoms with van der Waals surface area (Å²) >= 11 is 0. The molecule has 0 aliphatic carbocycles. The Morgan fingerprint density at radius 3 is 2.40 bits per heavy atom. The summed E-state index contributed by atoms with van der Waals surface area (Å²) in [5, 5.41) is 10.8. The molecule has 9 heteroatoms. The van der Waals surface area contributed by atoms with E-state index in [1.165, 1.54) is 29.3 Å². The zero-order chi connectivity index (χ0) is 21.5.